The maximum Gasteiger partial charge on any atom is 0.410 e. The predicted octanol–water partition coefficient (Wildman–Crippen LogP) is 6.15. The Kier molecular flexibility index (Phi) is 11.5. The van der Waals surface area contributed by atoms with Gasteiger partial charge in [0, 0.05) is 59.4 Å². The zero-order chi connectivity index (χ0) is 40.5. The molecule has 296 valence electrons. The number of carbonyl (C=O) groups excluding carboxylic acids is 2. The first kappa shape index (κ1) is 39.9. The van der Waals surface area contributed by atoms with Crippen molar-refractivity contribution in [1.29, 1.82) is 0 Å². The van der Waals surface area contributed by atoms with Crippen LogP contribution in [0, 0.1) is 0 Å². The minimum Gasteiger partial charge on any atom is -0.497 e. The average molecular weight is 768 g/mol. The number of amides is 1. The van der Waals surface area contributed by atoms with Crippen molar-refractivity contribution < 1.29 is 43.5 Å². The van der Waals surface area contributed by atoms with Crippen LogP contribution in [0.25, 0.3) is 22.2 Å². The SMILES string of the molecule is CCN(Cc1cc2cc3c(cc2n1C)C(O)C(O)Cc1c(OCc2ccccc2)c(C(=O)OC)c(=O)n(Cc2ccc(OC)cc2OC)c1-3)C(=O)OC(C)(C)C. The van der Waals surface area contributed by atoms with Gasteiger partial charge in [-0.2, -0.15) is 0 Å². The molecule has 0 saturated carbocycles. The highest BCUT2D eigenvalue weighted by molar-refractivity contribution is 5.95. The van der Waals surface area contributed by atoms with Gasteiger partial charge in [-0.1, -0.05) is 30.3 Å². The molecule has 1 aliphatic carbocycles. The van der Waals surface area contributed by atoms with Gasteiger partial charge in [-0.25, -0.2) is 9.59 Å². The van der Waals surface area contributed by atoms with Crippen LogP contribution >= 0.6 is 0 Å². The number of aromatic nitrogens is 2. The van der Waals surface area contributed by atoms with E-state index in [2.05, 4.69) is 0 Å². The molecule has 2 atom stereocenters. The number of hydrogen-bond donors (Lipinski definition) is 2. The van der Waals surface area contributed by atoms with E-state index in [1.165, 1.54) is 25.9 Å². The molecule has 13 nitrogen and oxygen atoms in total. The summed E-state index contributed by atoms with van der Waals surface area (Å²) in [6.45, 7) is 7.91. The average Bonchev–Trinajstić information content (AvgIpc) is 3.43. The van der Waals surface area contributed by atoms with Gasteiger partial charge in [0.25, 0.3) is 5.56 Å². The molecule has 2 N–H and O–H groups in total. The second kappa shape index (κ2) is 16.1. The highest BCUT2D eigenvalue weighted by Gasteiger charge is 2.37. The second-order valence-electron chi connectivity index (χ2n) is 14.8. The fourth-order valence-corrected chi connectivity index (χ4v) is 7.14. The number of rotatable bonds is 11. The first-order chi connectivity index (χ1) is 26.7. The first-order valence-corrected chi connectivity index (χ1v) is 18.4. The van der Waals surface area contributed by atoms with Crippen molar-refractivity contribution in [1.82, 2.24) is 14.0 Å². The molecule has 3 aromatic carbocycles. The number of hydrogen-bond acceptors (Lipinski definition) is 10. The molecule has 6 rings (SSSR count). The monoisotopic (exact) mass is 767 g/mol. The molecule has 0 aliphatic heterocycles. The van der Waals surface area contributed by atoms with Crippen LogP contribution < -0.4 is 19.8 Å². The fraction of sp³-hybridized carbons (Fsp3) is 0.372. The van der Waals surface area contributed by atoms with Gasteiger partial charge in [-0.05, 0) is 69.2 Å². The lowest BCUT2D eigenvalue weighted by Crippen LogP contribution is -2.36. The topological polar surface area (TPSA) is 151 Å². The summed E-state index contributed by atoms with van der Waals surface area (Å²) in [5.74, 6) is 0.0346. The number of benzene rings is 3. The van der Waals surface area contributed by atoms with E-state index in [0.717, 1.165) is 22.2 Å². The molecule has 0 saturated heterocycles. The minimum atomic E-state index is -1.39. The zero-order valence-electron chi connectivity index (χ0n) is 33.0. The lowest BCUT2D eigenvalue weighted by Gasteiger charge is -2.26. The Balaban J connectivity index is 1.62. The Hall–Kier alpha value is -5.79. The van der Waals surface area contributed by atoms with Crippen molar-refractivity contribution >= 4 is 23.0 Å². The fourth-order valence-electron chi connectivity index (χ4n) is 7.14. The maximum atomic E-state index is 14.9. The molecular weight excluding hydrogens is 718 g/mol. The van der Waals surface area contributed by atoms with E-state index in [9.17, 15) is 24.6 Å². The standard InChI is InChI=1S/C43H49N3O10/c1-9-45(42(51)56-43(2,3)4)23-28-17-27-18-30-31(20-33(27)44(28)5)38(48)34(47)21-32-37(30)46(22-26-15-16-29(52-6)19-35(26)53-7)40(49)36(41(50)54-8)39(32)55-24-25-13-11-10-12-14-25/h10-20,34,38,47-48H,9,21-24H2,1-8H3. The van der Waals surface area contributed by atoms with Crippen LogP contribution in [0.4, 0.5) is 4.79 Å². The largest absolute Gasteiger partial charge is 0.497 e. The van der Waals surface area contributed by atoms with Crippen molar-refractivity contribution in [2.24, 2.45) is 7.05 Å². The number of methoxy groups -OCH3 is 3. The molecule has 0 spiro atoms. The number of pyridine rings is 1. The van der Waals surface area contributed by atoms with Crippen LogP contribution in [-0.4, -0.2) is 75.9 Å². The van der Waals surface area contributed by atoms with E-state index >= 15 is 0 Å². The predicted molar refractivity (Wildman–Crippen MR) is 210 cm³/mol. The molecule has 0 fully saturated rings. The molecule has 0 radical (unpaired) electrons. The second-order valence-corrected chi connectivity index (χ2v) is 14.8. The molecule has 2 unspecified atom stereocenters. The first-order valence-electron chi connectivity index (χ1n) is 18.4. The van der Waals surface area contributed by atoms with E-state index < -0.39 is 35.4 Å². The molecule has 0 bridgehead atoms. The van der Waals surface area contributed by atoms with Crippen molar-refractivity contribution in [3.63, 3.8) is 0 Å². The van der Waals surface area contributed by atoms with Gasteiger partial charge >= 0.3 is 12.1 Å². The van der Waals surface area contributed by atoms with Crippen LogP contribution in [0.5, 0.6) is 17.2 Å². The van der Waals surface area contributed by atoms with Gasteiger partial charge < -0.3 is 47.9 Å². The van der Waals surface area contributed by atoms with Gasteiger partial charge in [0.05, 0.1) is 46.2 Å². The Morgan fingerprint density at radius 2 is 1.70 bits per heavy atom. The number of esters is 1. The molecule has 56 heavy (non-hydrogen) atoms. The third-order valence-corrected chi connectivity index (χ3v) is 10.0. The molecule has 13 heteroatoms. The zero-order valence-corrected chi connectivity index (χ0v) is 33.0. The summed E-state index contributed by atoms with van der Waals surface area (Å²) < 4.78 is 31.7. The highest BCUT2D eigenvalue weighted by atomic mass is 16.6. The molecule has 2 heterocycles. The number of nitrogens with zero attached hydrogens (tertiary/aromatic N) is 3. The quantitative estimate of drug-likeness (QED) is 0.150. The Morgan fingerprint density at radius 3 is 2.34 bits per heavy atom. The van der Waals surface area contributed by atoms with Crippen LogP contribution in [0.2, 0.25) is 0 Å². The van der Waals surface area contributed by atoms with Crippen LogP contribution in [0.1, 0.15) is 72.1 Å². The third-order valence-electron chi connectivity index (χ3n) is 10.0. The van der Waals surface area contributed by atoms with E-state index in [0.29, 0.717) is 46.0 Å². The summed E-state index contributed by atoms with van der Waals surface area (Å²) in [5.41, 5.74) is 2.71. The van der Waals surface area contributed by atoms with Crippen LogP contribution in [0.3, 0.4) is 0 Å². The third kappa shape index (κ3) is 7.82. The summed E-state index contributed by atoms with van der Waals surface area (Å²) in [6, 6.07) is 20.1. The number of ether oxygens (including phenoxy) is 5. The van der Waals surface area contributed by atoms with Crippen LogP contribution in [0.15, 0.2) is 71.5 Å². The lowest BCUT2D eigenvalue weighted by atomic mass is 9.96. The molecule has 2 aromatic heterocycles. The van der Waals surface area contributed by atoms with E-state index in [4.69, 9.17) is 23.7 Å². The Labute approximate surface area is 325 Å². The number of aliphatic hydroxyl groups is 2. The summed E-state index contributed by atoms with van der Waals surface area (Å²) in [4.78, 5) is 43.1. The lowest BCUT2D eigenvalue weighted by molar-refractivity contribution is 0.0199. The molecule has 1 aliphatic rings. The van der Waals surface area contributed by atoms with Gasteiger partial charge in [0.2, 0.25) is 0 Å². The maximum absolute atomic E-state index is 14.9. The minimum absolute atomic E-state index is 0.00515. The summed E-state index contributed by atoms with van der Waals surface area (Å²) >= 11 is 0. The number of aliphatic hydroxyl groups excluding tert-OH is 2. The van der Waals surface area contributed by atoms with E-state index in [1.807, 2.05) is 81.8 Å². The molecule has 5 aromatic rings. The molecular formula is C43H49N3O10. The normalized spacial score (nSPS) is 15.0. The van der Waals surface area contributed by atoms with Crippen molar-refractivity contribution in [3.8, 4) is 28.5 Å². The van der Waals surface area contributed by atoms with Gasteiger partial charge in [-0.15, -0.1) is 0 Å². The summed E-state index contributed by atoms with van der Waals surface area (Å²) in [5, 5.41) is 24.3. The van der Waals surface area contributed by atoms with Crippen molar-refractivity contribution in [2.45, 2.75) is 71.6 Å². The summed E-state index contributed by atoms with van der Waals surface area (Å²) in [7, 11) is 6.10. The number of carbonyl (C=O) groups is 2. The number of fused-ring (bicyclic) bond motifs is 4. The van der Waals surface area contributed by atoms with E-state index in [1.54, 1.807) is 29.2 Å². The highest BCUT2D eigenvalue weighted by Crippen LogP contribution is 2.44. The van der Waals surface area contributed by atoms with Gasteiger partial charge in [-0.3, -0.25) is 4.79 Å². The summed E-state index contributed by atoms with van der Waals surface area (Å²) in [6.07, 6.45) is -3.36. The van der Waals surface area contributed by atoms with Gasteiger partial charge in [0.15, 0.2) is 5.56 Å². The Morgan fingerprint density at radius 1 is 0.964 bits per heavy atom. The van der Waals surface area contributed by atoms with Crippen molar-refractivity contribution in [2.75, 3.05) is 27.9 Å². The Bertz CT molecular complexity index is 2320. The smallest absolute Gasteiger partial charge is 0.410 e. The van der Waals surface area contributed by atoms with Crippen LogP contribution in [-0.2, 0) is 42.6 Å². The molecule has 1 amide bonds. The van der Waals surface area contributed by atoms with Crippen molar-refractivity contribution in [3.05, 3.63) is 111 Å². The van der Waals surface area contributed by atoms with E-state index in [-0.39, 0.29) is 37.4 Å². The van der Waals surface area contributed by atoms with Gasteiger partial charge in [0.1, 0.15) is 35.6 Å². The number of aryl methyl sites for hydroxylation is 1.